The third-order valence-corrected chi connectivity index (χ3v) is 2.74. The Morgan fingerprint density at radius 3 is 2.44 bits per heavy atom. The first-order valence-corrected chi connectivity index (χ1v) is 5.85. The molecule has 1 aromatic carbocycles. The van der Waals surface area contributed by atoms with Gasteiger partial charge in [-0.2, -0.15) is 0 Å². The number of hydrogen-bond donors (Lipinski definition) is 1. The molecule has 2 aromatic rings. The molecule has 82 valence electrons. The summed E-state index contributed by atoms with van der Waals surface area (Å²) in [4.78, 5) is 4.08. The Kier molecular flexibility index (Phi) is 3.74. The number of halogens is 1. The van der Waals surface area contributed by atoms with Crippen LogP contribution in [0, 0.1) is 3.57 Å². The highest BCUT2D eigenvalue weighted by Gasteiger charge is 1.98. The summed E-state index contributed by atoms with van der Waals surface area (Å²) in [7, 11) is 0. The van der Waals surface area contributed by atoms with Gasteiger partial charge in [0.2, 0.25) is 5.88 Å². The molecular formula is C12H10INO2. The maximum Gasteiger partial charge on any atom is 0.219 e. The minimum Gasteiger partial charge on any atom is -0.439 e. The zero-order chi connectivity index (χ0) is 11.4. The number of aromatic nitrogens is 1. The van der Waals surface area contributed by atoms with Crippen LogP contribution in [0.4, 0.5) is 0 Å². The topological polar surface area (TPSA) is 42.4 Å². The van der Waals surface area contributed by atoms with Gasteiger partial charge in [-0.1, -0.05) is 0 Å². The molecule has 0 aliphatic carbocycles. The molecule has 0 aliphatic heterocycles. The van der Waals surface area contributed by atoms with Crippen molar-refractivity contribution in [3.63, 3.8) is 0 Å². The van der Waals surface area contributed by atoms with Crippen molar-refractivity contribution >= 4 is 22.6 Å². The number of hydrogen-bond acceptors (Lipinski definition) is 3. The Labute approximate surface area is 107 Å². The molecular weight excluding hydrogens is 317 g/mol. The standard InChI is InChI=1S/C12H10INO2/c13-10-2-4-11(5-3-10)16-12-6-1-9(8-15)7-14-12/h1-7,15H,8H2. The fourth-order valence-corrected chi connectivity index (χ4v) is 1.55. The van der Waals surface area contributed by atoms with Gasteiger partial charge >= 0.3 is 0 Å². The van der Waals surface area contributed by atoms with Crippen LogP contribution in [0.15, 0.2) is 42.6 Å². The van der Waals surface area contributed by atoms with Gasteiger partial charge < -0.3 is 9.84 Å². The fourth-order valence-electron chi connectivity index (χ4n) is 1.19. The normalized spacial score (nSPS) is 10.1. The van der Waals surface area contributed by atoms with Crippen molar-refractivity contribution < 1.29 is 9.84 Å². The van der Waals surface area contributed by atoms with Crippen LogP contribution in [0.3, 0.4) is 0 Å². The van der Waals surface area contributed by atoms with E-state index in [2.05, 4.69) is 27.6 Å². The largest absolute Gasteiger partial charge is 0.439 e. The average molecular weight is 327 g/mol. The van der Waals surface area contributed by atoms with Crippen LogP contribution in [0.1, 0.15) is 5.56 Å². The van der Waals surface area contributed by atoms with Crippen LogP contribution in [-0.2, 0) is 6.61 Å². The summed E-state index contributed by atoms with van der Waals surface area (Å²) in [5, 5.41) is 8.87. The summed E-state index contributed by atoms with van der Waals surface area (Å²) in [5.41, 5.74) is 0.773. The average Bonchev–Trinajstić information content (AvgIpc) is 2.33. The number of aliphatic hydroxyl groups excluding tert-OH is 1. The number of ether oxygens (including phenoxy) is 1. The van der Waals surface area contributed by atoms with Gasteiger partial charge in [0, 0.05) is 15.8 Å². The van der Waals surface area contributed by atoms with Crippen molar-refractivity contribution in [3.05, 3.63) is 51.7 Å². The van der Waals surface area contributed by atoms with Crippen LogP contribution in [-0.4, -0.2) is 10.1 Å². The van der Waals surface area contributed by atoms with Gasteiger partial charge in [0.25, 0.3) is 0 Å². The van der Waals surface area contributed by atoms with Crippen LogP contribution >= 0.6 is 22.6 Å². The van der Waals surface area contributed by atoms with E-state index >= 15 is 0 Å². The maximum atomic E-state index is 8.87. The minimum absolute atomic E-state index is 0.00316. The van der Waals surface area contributed by atoms with Crippen LogP contribution < -0.4 is 4.74 Å². The van der Waals surface area contributed by atoms with Crippen molar-refractivity contribution in [3.8, 4) is 11.6 Å². The molecule has 0 unspecified atom stereocenters. The van der Waals surface area contributed by atoms with Gasteiger partial charge in [-0.3, -0.25) is 0 Å². The molecule has 0 aliphatic rings. The molecule has 16 heavy (non-hydrogen) atoms. The molecule has 0 fully saturated rings. The second-order valence-electron chi connectivity index (χ2n) is 3.22. The van der Waals surface area contributed by atoms with E-state index in [1.54, 1.807) is 18.3 Å². The van der Waals surface area contributed by atoms with Gasteiger partial charge in [-0.05, 0) is 58.5 Å². The zero-order valence-corrected chi connectivity index (χ0v) is 10.6. The number of rotatable bonds is 3. The van der Waals surface area contributed by atoms with E-state index in [9.17, 15) is 0 Å². The van der Waals surface area contributed by atoms with Crippen molar-refractivity contribution in [2.24, 2.45) is 0 Å². The fraction of sp³-hybridized carbons (Fsp3) is 0.0833. The van der Waals surface area contributed by atoms with Crippen molar-refractivity contribution in [2.45, 2.75) is 6.61 Å². The molecule has 0 spiro atoms. The molecule has 0 radical (unpaired) electrons. The van der Waals surface area contributed by atoms with E-state index in [0.29, 0.717) is 5.88 Å². The molecule has 1 N–H and O–H groups in total. The maximum absolute atomic E-state index is 8.87. The molecule has 3 nitrogen and oxygen atoms in total. The summed E-state index contributed by atoms with van der Waals surface area (Å²) in [6.07, 6.45) is 1.60. The molecule has 2 rings (SSSR count). The molecule has 0 saturated heterocycles. The highest BCUT2D eigenvalue weighted by Crippen LogP contribution is 2.20. The second kappa shape index (κ2) is 5.27. The smallest absolute Gasteiger partial charge is 0.219 e. The predicted molar refractivity (Wildman–Crippen MR) is 69.4 cm³/mol. The summed E-state index contributed by atoms with van der Waals surface area (Å²) >= 11 is 2.24. The summed E-state index contributed by atoms with van der Waals surface area (Å²) in [5.74, 6) is 1.28. The van der Waals surface area contributed by atoms with E-state index < -0.39 is 0 Å². The first-order valence-electron chi connectivity index (χ1n) is 4.77. The quantitative estimate of drug-likeness (QED) is 0.882. The summed E-state index contributed by atoms with van der Waals surface area (Å²) < 4.78 is 6.70. The molecule has 0 saturated carbocycles. The Hall–Kier alpha value is -1.14. The highest BCUT2D eigenvalue weighted by molar-refractivity contribution is 14.1. The van der Waals surface area contributed by atoms with E-state index in [1.165, 1.54) is 0 Å². The van der Waals surface area contributed by atoms with Crippen molar-refractivity contribution in [1.82, 2.24) is 4.98 Å². The number of pyridine rings is 1. The van der Waals surface area contributed by atoms with E-state index in [0.717, 1.165) is 14.9 Å². The van der Waals surface area contributed by atoms with Gasteiger partial charge in [0.15, 0.2) is 0 Å². The lowest BCUT2D eigenvalue weighted by Gasteiger charge is -2.04. The zero-order valence-electron chi connectivity index (χ0n) is 8.43. The Morgan fingerprint density at radius 1 is 1.12 bits per heavy atom. The van der Waals surface area contributed by atoms with Gasteiger partial charge in [0.05, 0.1) is 6.61 Å². The van der Waals surface area contributed by atoms with E-state index in [-0.39, 0.29) is 6.61 Å². The third-order valence-electron chi connectivity index (χ3n) is 2.02. The number of aliphatic hydroxyl groups is 1. The second-order valence-corrected chi connectivity index (χ2v) is 4.46. The Morgan fingerprint density at radius 2 is 1.88 bits per heavy atom. The molecule has 4 heteroatoms. The van der Waals surface area contributed by atoms with Gasteiger partial charge in [0.1, 0.15) is 5.75 Å². The van der Waals surface area contributed by atoms with Crippen molar-refractivity contribution in [1.29, 1.82) is 0 Å². The summed E-state index contributed by atoms with van der Waals surface area (Å²) in [6.45, 7) is -0.00316. The lowest BCUT2D eigenvalue weighted by atomic mass is 10.3. The third kappa shape index (κ3) is 2.93. The first kappa shape index (κ1) is 11.3. The first-order chi connectivity index (χ1) is 7.78. The van der Waals surface area contributed by atoms with E-state index in [1.807, 2.05) is 24.3 Å². The van der Waals surface area contributed by atoms with Gasteiger partial charge in [-0.25, -0.2) is 4.98 Å². The predicted octanol–water partition coefficient (Wildman–Crippen LogP) is 2.97. The molecule has 1 heterocycles. The van der Waals surface area contributed by atoms with E-state index in [4.69, 9.17) is 9.84 Å². The van der Waals surface area contributed by atoms with Crippen LogP contribution in [0.25, 0.3) is 0 Å². The number of nitrogens with zero attached hydrogens (tertiary/aromatic N) is 1. The molecule has 1 aromatic heterocycles. The highest BCUT2D eigenvalue weighted by atomic mass is 127. The Balaban J connectivity index is 2.11. The van der Waals surface area contributed by atoms with Crippen LogP contribution in [0.5, 0.6) is 11.6 Å². The summed E-state index contributed by atoms with van der Waals surface area (Å²) in [6, 6.07) is 11.3. The molecule has 0 amide bonds. The SMILES string of the molecule is OCc1ccc(Oc2ccc(I)cc2)nc1. The molecule has 0 atom stereocenters. The van der Waals surface area contributed by atoms with Gasteiger partial charge in [-0.15, -0.1) is 0 Å². The Bertz CT molecular complexity index is 453. The molecule has 0 bridgehead atoms. The van der Waals surface area contributed by atoms with Crippen molar-refractivity contribution in [2.75, 3.05) is 0 Å². The lowest BCUT2D eigenvalue weighted by molar-refractivity contribution is 0.281. The lowest BCUT2D eigenvalue weighted by Crippen LogP contribution is -1.90. The number of benzene rings is 1. The minimum atomic E-state index is -0.00316. The van der Waals surface area contributed by atoms with Crippen LogP contribution in [0.2, 0.25) is 0 Å². The monoisotopic (exact) mass is 327 g/mol.